The van der Waals surface area contributed by atoms with Crippen LogP contribution in [-0.2, 0) is 25.7 Å². The maximum atomic E-state index is 16.2. The molecule has 2 aromatic rings. The summed E-state index contributed by atoms with van der Waals surface area (Å²) >= 11 is 0. The largest absolute Gasteiger partial charge is 0.486 e. The van der Waals surface area contributed by atoms with Gasteiger partial charge >= 0.3 is 0 Å². The molecule has 46 heavy (non-hydrogen) atoms. The molecule has 10 heteroatoms. The van der Waals surface area contributed by atoms with Crippen LogP contribution in [0, 0.1) is 45.7 Å². The number of anilines is 1. The van der Waals surface area contributed by atoms with Crippen molar-refractivity contribution in [2.75, 3.05) is 12.3 Å². The Morgan fingerprint density at radius 2 is 2.07 bits per heavy atom. The molecule has 0 radical (unpaired) electrons. The molecule has 1 heterocycles. The van der Waals surface area contributed by atoms with E-state index in [0.717, 1.165) is 11.1 Å². The Balaban J connectivity index is 1.23. The van der Waals surface area contributed by atoms with Crippen LogP contribution in [0.5, 0.6) is 5.75 Å². The lowest BCUT2D eigenvalue weighted by atomic mass is 9.46. The first-order valence-electron chi connectivity index (χ1n) is 15.8. The van der Waals surface area contributed by atoms with Crippen LogP contribution in [0.25, 0.3) is 0 Å². The Hall–Kier alpha value is -3.88. The van der Waals surface area contributed by atoms with Crippen molar-refractivity contribution in [1.29, 1.82) is 5.26 Å². The number of ether oxygens (including phenoxy) is 3. The molecular formula is C36H37FN2O7. The first-order valence-corrected chi connectivity index (χ1v) is 15.8. The van der Waals surface area contributed by atoms with E-state index in [2.05, 4.69) is 6.92 Å². The van der Waals surface area contributed by atoms with E-state index in [1.807, 2.05) is 19.1 Å². The number of hydrogen-bond donors (Lipinski definition) is 3. The minimum Gasteiger partial charge on any atom is -0.486 e. The van der Waals surface area contributed by atoms with Gasteiger partial charge in [0.25, 0.3) is 0 Å². The van der Waals surface area contributed by atoms with Crippen LogP contribution in [0.2, 0.25) is 0 Å². The number of benzene rings is 2. The fraction of sp³-hybridized carbons (Fsp3) is 0.472. The van der Waals surface area contributed by atoms with E-state index < -0.39 is 53.1 Å². The summed E-state index contributed by atoms with van der Waals surface area (Å²) in [6, 6.07) is 11.8. The number of halogens is 1. The summed E-state index contributed by atoms with van der Waals surface area (Å²) in [6.45, 7) is 3.16. The van der Waals surface area contributed by atoms with Crippen LogP contribution >= 0.6 is 0 Å². The number of ketones is 2. The highest BCUT2D eigenvalue weighted by molar-refractivity contribution is 6.01. The zero-order valence-electron chi connectivity index (χ0n) is 25.7. The number of nitriles is 1. The fourth-order valence-corrected chi connectivity index (χ4v) is 9.67. The number of nitrogens with zero attached hydrogens (tertiary/aromatic N) is 1. The molecule has 4 aliphatic carbocycles. The van der Waals surface area contributed by atoms with Gasteiger partial charge in [-0.15, -0.1) is 0 Å². The summed E-state index contributed by atoms with van der Waals surface area (Å²) in [5.74, 6) is -1.97. The third-order valence-corrected chi connectivity index (χ3v) is 11.6. The number of allylic oxidation sites excluding steroid dienone is 4. The summed E-state index contributed by atoms with van der Waals surface area (Å²) in [6.07, 6.45) is 4.00. The van der Waals surface area contributed by atoms with Crippen LogP contribution < -0.4 is 10.5 Å². The van der Waals surface area contributed by atoms with Gasteiger partial charge in [0.1, 0.15) is 13.2 Å². The SMILES string of the molecule is C[C@]12C=CC(=O)C=C1CC[C@@H]1C2[C@@H](O)C[C@@]2(C)C1C[C@H]1O[C@H](c3c(C#N)ccc(OCc4cccc(N)c4)c3F)O[C@]12C(=O)CO. The Bertz CT molecular complexity index is 1730. The monoisotopic (exact) mass is 628 g/mol. The second-order valence-corrected chi connectivity index (χ2v) is 13.8. The molecule has 0 aromatic heterocycles. The molecule has 7 rings (SSSR count). The van der Waals surface area contributed by atoms with Crippen molar-refractivity contribution in [2.45, 2.75) is 70.2 Å². The first-order chi connectivity index (χ1) is 22.0. The number of aliphatic hydroxyl groups excluding tert-OH is 2. The lowest BCUT2D eigenvalue weighted by Crippen LogP contribution is -2.63. The van der Waals surface area contributed by atoms with Crippen LogP contribution in [0.1, 0.15) is 62.5 Å². The Morgan fingerprint density at radius 3 is 2.80 bits per heavy atom. The van der Waals surface area contributed by atoms with E-state index in [4.69, 9.17) is 19.9 Å². The molecule has 2 unspecified atom stereocenters. The van der Waals surface area contributed by atoms with E-state index in [0.29, 0.717) is 24.9 Å². The van der Waals surface area contributed by atoms with Gasteiger partial charge in [-0.05, 0) is 79.5 Å². The molecule has 4 N–H and O–H groups in total. The second kappa shape index (κ2) is 10.8. The smallest absolute Gasteiger partial charge is 0.193 e. The lowest BCUT2D eigenvalue weighted by molar-refractivity contribution is -0.201. The summed E-state index contributed by atoms with van der Waals surface area (Å²) in [7, 11) is 0. The maximum absolute atomic E-state index is 16.2. The van der Waals surface area contributed by atoms with Crippen LogP contribution in [0.3, 0.4) is 0 Å². The minimum absolute atomic E-state index is 0.0224. The predicted octanol–water partition coefficient (Wildman–Crippen LogP) is 4.46. The predicted molar refractivity (Wildman–Crippen MR) is 163 cm³/mol. The van der Waals surface area contributed by atoms with Crippen molar-refractivity contribution < 1.29 is 38.4 Å². The third kappa shape index (κ3) is 4.26. The van der Waals surface area contributed by atoms with Crippen molar-refractivity contribution in [3.8, 4) is 11.8 Å². The Morgan fingerprint density at radius 1 is 1.26 bits per heavy atom. The highest BCUT2D eigenvalue weighted by Gasteiger charge is 2.76. The topological polar surface area (TPSA) is 152 Å². The minimum atomic E-state index is -1.68. The molecule has 0 bridgehead atoms. The molecule has 1 aliphatic heterocycles. The molecule has 1 saturated heterocycles. The molecule has 5 aliphatic rings. The zero-order valence-corrected chi connectivity index (χ0v) is 25.7. The van der Waals surface area contributed by atoms with Gasteiger partial charge in [0.15, 0.2) is 35.0 Å². The van der Waals surface area contributed by atoms with Crippen molar-refractivity contribution in [1.82, 2.24) is 0 Å². The maximum Gasteiger partial charge on any atom is 0.193 e. The summed E-state index contributed by atoms with van der Waals surface area (Å²) in [4.78, 5) is 26.0. The Labute approximate surface area is 266 Å². The zero-order chi connectivity index (χ0) is 32.6. The van der Waals surface area contributed by atoms with Gasteiger partial charge in [0, 0.05) is 22.4 Å². The second-order valence-electron chi connectivity index (χ2n) is 13.8. The number of aliphatic hydroxyl groups is 2. The van der Waals surface area contributed by atoms with Gasteiger partial charge in [-0.25, -0.2) is 4.39 Å². The summed E-state index contributed by atoms with van der Waals surface area (Å²) < 4.78 is 34.9. The van der Waals surface area contributed by atoms with Gasteiger partial charge < -0.3 is 30.2 Å². The molecule has 4 fully saturated rings. The van der Waals surface area contributed by atoms with Crippen molar-refractivity contribution >= 4 is 17.3 Å². The molecule has 9 atom stereocenters. The van der Waals surface area contributed by atoms with Crippen molar-refractivity contribution in [2.24, 2.45) is 28.6 Å². The standard InChI is InChI=1S/C36H37FN2O7/c1-34-11-10-23(41)13-21(34)7-8-24-25-14-29-36(28(43)17-40,35(25,2)15-26(42)31(24)34)46-33(45-29)30-20(16-38)6-9-27(32(30)37)44-18-19-4-3-5-22(39)12-19/h3-6,9-13,24-26,29,31,33,40,42H,7-8,14-15,17-18,39H2,1-2H3/t24-,25?,26-,29+,31?,33-,34-,35-,36+/m0/s1. The quantitative estimate of drug-likeness (QED) is 0.394. The van der Waals surface area contributed by atoms with E-state index in [1.54, 1.807) is 36.4 Å². The molecule has 3 saturated carbocycles. The van der Waals surface area contributed by atoms with Crippen LogP contribution in [-0.4, -0.2) is 46.2 Å². The van der Waals surface area contributed by atoms with Crippen molar-refractivity contribution in [3.05, 3.63) is 82.7 Å². The van der Waals surface area contributed by atoms with Crippen molar-refractivity contribution in [3.63, 3.8) is 0 Å². The van der Waals surface area contributed by atoms with Gasteiger partial charge in [0.05, 0.1) is 29.4 Å². The average Bonchev–Trinajstić information content (AvgIpc) is 3.52. The number of fused-ring (bicyclic) bond motifs is 7. The molecule has 0 amide bonds. The molecule has 9 nitrogen and oxygen atoms in total. The molecule has 0 spiro atoms. The number of Topliss-reactive ketones (excluding diaryl/α,β-unsaturated/α-hetero) is 1. The van der Waals surface area contributed by atoms with Crippen LogP contribution in [0.4, 0.5) is 10.1 Å². The number of carbonyl (C=O) groups excluding carboxylic acids is 2. The Kier molecular flexibility index (Phi) is 7.25. The van der Waals surface area contributed by atoms with Gasteiger partial charge in [0.2, 0.25) is 0 Å². The molecular weight excluding hydrogens is 591 g/mol. The first kappa shape index (κ1) is 30.8. The number of rotatable bonds is 6. The number of carbonyl (C=O) groups is 2. The van der Waals surface area contributed by atoms with Crippen LogP contribution in [0.15, 0.2) is 60.2 Å². The number of nitrogens with two attached hydrogens (primary N) is 1. The summed E-state index contributed by atoms with van der Waals surface area (Å²) in [5.41, 5.74) is 4.75. The van der Waals surface area contributed by atoms with E-state index in [9.17, 15) is 25.1 Å². The fourth-order valence-electron chi connectivity index (χ4n) is 9.67. The summed E-state index contributed by atoms with van der Waals surface area (Å²) in [5, 5.41) is 32.0. The highest BCUT2D eigenvalue weighted by Crippen LogP contribution is 2.70. The van der Waals surface area contributed by atoms with E-state index in [-0.39, 0.29) is 53.4 Å². The van der Waals surface area contributed by atoms with Gasteiger partial charge in [-0.2, -0.15) is 5.26 Å². The molecule has 2 aromatic carbocycles. The van der Waals surface area contributed by atoms with E-state index in [1.165, 1.54) is 12.1 Å². The average molecular weight is 629 g/mol. The molecule has 240 valence electrons. The van der Waals surface area contributed by atoms with E-state index >= 15 is 4.39 Å². The lowest BCUT2D eigenvalue weighted by Gasteiger charge is -2.59. The highest BCUT2D eigenvalue weighted by atomic mass is 19.1. The number of hydrogen-bond acceptors (Lipinski definition) is 9. The normalized spacial score (nSPS) is 37.4. The third-order valence-electron chi connectivity index (χ3n) is 11.6. The number of nitrogen functional groups attached to an aromatic ring is 1. The van der Waals surface area contributed by atoms with Gasteiger partial charge in [-0.3, -0.25) is 9.59 Å². The van der Waals surface area contributed by atoms with Gasteiger partial charge in [-0.1, -0.05) is 37.6 Å².